The van der Waals surface area contributed by atoms with Gasteiger partial charge in [0.1, 0.15) is 0 Å². The number of halogens is 1. The molecule has 3 nitrogen and oxygen atoms in total. The van der Waals surface area contributed by atoms with Crippen LogP contribution in [0.4, 0.5) is 5.69 Å². The fourth-order valence-corrected chi connectivity index (χ4v) is 3.40. The van der Waals surface area contributed by atoms with Gasteiger partial charge in [0.05, 0.1) is 10.7 Å². The first-order valence-corrected chi connectivity index (χ1v) is 8.29. The third-order valence-electron chi connectivity index (χ3n) is 4.31. The molecule has 0 aromatic heterocycles. The van der Waals surface area contributed by atoms with Crippen molar-refractivity contribution in [2.24, 2.45) is 0 Å². The zero-order valence-electron chi connectivity index (χ0n) is 13.7. The van der Waals surface area contributed by atoms with Crippen molar-refractivity contribution in [1.82, 2.24) is 10.2 Å². The number of hydrogen-bond donors (Lipinski definition) is 1. The molecule has 118 valence electrons. The lowest BCUT2D eigenvalue weighted by Gasteiger charge is -2.29. The molecule has 1 saturated heterocycles. The third kappa shape index (κ3) is 4.35. The summed E-state index contributed by atoms with van der Waals surface area (Å²) >= 11 is 6.48. The standard InChI is InChI=1S/C17H28ClN3/c1-13(2)19-11-14-7-5-9-16(18)17(14)21(4)12-15-8-6-10-20(15)3/h5,7,9,13,15,19H,6,8,10-12H2,1-4H3. The van der Waals surface area contributed by atoms with Crippen LogP contribution in [0.15, 0.2) is 18.2 Å². The van der Waals surface area contributed by atoms with Crippen LogP contribution in [-0.2, 0) is 6.54 Å². The summed E-state index contributed by atoms with van der Waals surface area (Å²) in [4.78, 5) is 4.78. The number of benzene rings is 1. The number of likely N-dealkylation sites (tertiary alicyclic amines) is 1. The second kappa shape index (κ2) is 7.48. The van der Waals surface area contributed by atoms with E-state index >= 15 is 0 Å². The summed E-state index contributed by atoms with van der Waals surface area (Å²) in [6.07, 6.45) is 2.59. The number of para-hydroxylation sites is 1. The summed E-state index contributed by atoms with van der Waals surface area (Å²) in [5, 5.41) is 4.34. The Bertz CT molecular complexity index is 461. The highest BCUT2D eigenvalue weighted by atomic mass is 35.5. The average Bonchev–Trinajstić information content (AvgIpc) is 2.81. The van der Waals surface area contributed by atoms with Gasteiger partial charge in [0.25, 0.3) is 0 Å². The fraction of sp³-hybridized carbons (Fsp3) is 0.647. The smallest absolute Gasteiger partial charge is 0.0642 e. The van der Waals surface area contributed by atoms with Crippen LogP contribution < -0.4 is 10.2 Å². The highest BCUT2D eigenvalue weighted by Crippen LogP contribution is 2.30. The molecule has 1 aromatic carbocycles. The fourth-order valence-electron chi connectivity index (χ4n) is 3.06. The number of likely N-dealkylation sites (N-methyl/N-ethyl adjacent to an activating group) is 2. The predicted octanol–water partition coefficient (Wildman–Crippen LogP) is 3.37. The molecule has 1 N–H and O–H groups in total. The van der Waals surface area contributed by atoms with Crippen LogP contribution in [0.3, 0.4) is 0 Å². The van der Waals surface area contributed by atoms with E-state index in [0.717, 1.165) is 18.1 Å². The molecular weight excluding hydrogens is 282 g/mol. The van der Waals surface area contributed by atoms with E-state index in [9.17, 15) is 0 Å². The first kappa shape index (κ1) is 16.6. The van der Waals surface area contributed by atoms with E-state index in [0.29, 0.717) is 12.1 Å². The molecule has 0 bridgehead atoms. The third-order valence-corrected chi connectivity index (χ3v) is 4.61. The molecule has 4 heteroatoms. The zero-order valence-corrected chi connectivity index (χ0v) is 14.5. The number of nitrogens with one attached hydrogen (secondary N) is 1. The number of hydrogen-bond acceptors (Lipinski definition) is 3. The molecule has 1 fully saturated rings. The molecular formula is C17H28ClN3. The Morgan fingerprint density at radius 2 is 2.19 bits per heavy atom. The average molecular weight is 310 g/mol. The molecule has 0 saturated carbocycles. The van der Waals surface area contributed by atoms with Crippen LogP contribution in [0.5, 0.6) is 0 Å². The summed E-state index contributed by atoms with van der Waals surface area (Å²) in [6, 6.07) is 7.31. The predicted molar refractivity (Wildman–Crippen MR) is 92.3 cm³/mol. The van der Waals surface area contributed by atoms with Crippen molar-refractivity contribution in [2.75, 3.05) is 32.1 Å². The van der Waals surface area contributed by atoms with Crippen LogP contribution in [0.1, 0.15) is 32.3 Å². The van der Waals surface area contributed by atoms with Gasteiger partial charge in [-0.1, -0.05) is 37.6 Å². The summed E-state index contributed by atoms with van der Waals surface area (Å²) in [5.41, 5.74) is 2.45. The van der Waals surface area contributed by atoms with Crippen LogP contribution in [0.2, 0.25) is 5.02 Å². The monoisotopic (exact) mass is 309 g/mol. The molecule has 1 aliphatic heterocycles. The Kier molecular flexibility index (Phi) is 5.91. The second-order valence-corrected chi connectivity index (χ2v) is 6.85. The SMILES string of the molecule is CC(C)NCc1cccc(Cl)c1N(C)CC1CCCN1C. The van der Waals surface area contributed by atoms with E-state index in [1.165, 1.54) is 30.6 Å². The lowest BCUT2D eigenvalue weighted by molar-refractivity contribution is 0.314. The summed E-state index contributed by atoms with van der Waals surface area (Å²) in [5.74, 6) is 0. The van der Waals surface area contributed by atoms with Gasteiger partial charge in [-0.05, 0) is 38.1 Å². The van der Waals surface area contributed by atoms with Gasteiger partial charge >= 0.3 is 0 Å². The normalized spacial score (nSPS) is 19.4. The topological polar surface area (TPSA) is 18.5 Å². The molecule has 1 atom stereocenters. The Morgan fingerprint density at radius 1 is 1.43 bits per heavy atom. The van der Waals surface area contributed by atoms with E-state index in [1.54, 1.807) is 0 Å². The molecule has 21 heavy (non-hydrogen) atoms. The maximum atomic E-state index is 6.48. The van der Waals surface area contributed by atoms with E-state index in [1.807, 2.05) is 12.1 Å². The summed E-state index contributed by atoms with van der Waals surface area (Å²) in [6.45, 7) is 7.44. The van der Waals surface area contributed by atoms with Gasteiger partial charge in [-0.3, -0.25) is 0 Å². The molecule has 1 aromatic rings. The van der Waals surface area contributed by atoms with Crippen molar-refractivity contribution < 1.29 is 0 Å². The van der Waals surface area contributed by atoms with Crippen LogP contribution in [-0.4, -0.2) is 44.2 Å². The van der Waals surface area contributed by atoms with Crippen LogP contribution in [0.25, 0.3) is 0 Å². The van der Waals surface area contributed by atoms with Gasteiger partial charge in [0.15, 0.2) is 0 Å². The molecule has 0 spiro atoms. The zero-order chi connectivity index (χ0) is 15.4. The van der Waals surface area contributed by atoms with Gasteiger partial charge in [-0.2, -0.15) is 0 Å². The molecule has 1 heterocycles. The highest BCUT2D eigenvalue weighted by Gasteiger charge is 2.23. The first-order valence-electron chi connectivity index (χ1n) is 7.91. The Morgan fingerprint density at radius 3 is 2.81 bits per heavy atom. The summed E-state index contributed by atoms with van der Waals surface area (Å²) in [7, 11) is 4.38. The Labute approximate surface area is 134 Å². The highest BCUT2D eigenvalue weighted by molar-refractivity contribution is 6.33. The van der Waals surface area contributed by atoms with Gasteiger partial charge in [0.2, 0.25) is 0 Å². The molecule has 1 unspecified atom stereocenters. The largest absolute Gasteiger partial charge is 0.372 e. The van der Waals surface area contributed by atoms with E-state index in [4.69, 9.17) is 11.6 Å². The van der Waals surface area contributed by atoms with E-state index in [-0.39, 0.29) is 0 Å². The lowest BCUT2D eigenvalue weighted by Crippen LogP contribution is -2.37. The van der Waals surface area contributed by atoms with Crippen molar-refractivity contribution >= 4 is 17.3 Å². The number of rotatable bonds is 6. The molecule has 2 rings (SSSR count). The first-order chi connectivity index (χ1) is 9.99. The van der Waals surface area contributed by atoms with Gasteiger partial charge in [-0.25, -0.2) is 0 Å². The number of anilines is 1. The second-order valence-electron chi connectivity index (χ2n) is 6.44. The maximum absolute atomic E-state index is 6.48. The lowest BCUT2D eigenvalue weighted by atomic mass is 10.1. The molecule has 1 aliphatic rings. The van der Waals surface area contributed by atoms with Gasteiger partial charge in [-0.15, -0.1) is 0 Å². The van der Waals surface area contributed by atoms with E-state index in [2.05, 4.69) is 49.1 Å². The Hall–Kier alpha value is -0.770. The van der Waals surface area contributed by atoms with Crippen molar-refractivity contribution in [2.45, 2.75) is 45.3 Å². The number of nitrogens with zero attached hydrogens (tertiary/aromatic N) is 2. The molecule has 0 aliphatic carbocycles. The van der Waals surface area contributed by atoms with Crippen molar-refractivity contribution in [3.8, 4) is 0 Å². The molecule has 0 radical (unpaired) electrons. The van der Waals surface area contributed by atoms with Gasteiger partial charge < -0.3 is 15.1 Å². The van der Waals surface area contributed by atoms with E-state index < -0.39 is 0 Å². The quantitative estimate of drug-likeness (QED) is 0.869. The van der Waals surface area contributed by atoms with Crippen LogP contribution >= 0.6 is 11.6 Å². The minimum Gasteiger partial charge on any atom is -0.372 e. The van der Waals surface area contributed by atoms with Crippen molar-refractivity contribution in [1.29, 1.82) is 0 Å². The van der Waals surface area contributed by atoms with Crippen molar-refractivity contribution in [3.05, 3.63) is 28.8 Å². The van der Waals surface area contributed by atoms with Crippen LogP contribution in [0, 0.1) is 0 Å². The minimum atomic E-state index is 0.475. The maximum Gasteiger partial charge on any atom is 0.0642 e. The van der Waals surface area contributed by atoms with Gasteiger partial charge in [0, 0.05) is 32.2 Å². The Balaban J connectivity index is 2.12. The minimum absolute atomic E-state index is 0.475. The molecule has 0 amide bonds. The van der Waals surface area contributed by atoms with Crippen molar-refractivity contribution in [3.63, 3.8) is 0 Å². The summed E-state index contributed by atoms with van der Waals surface area (Å²) < 4.78 is 0.